The largest absolute Gasteiger partial charge is 0.326 e. The molecule has 112 valence electrons. The molecule has 2 heterocycles. The molecule has 0 saturated heterocycles. The summed E-state index contributed by atoms with van der Waals surface area (Å²) in [5.74, 6) is 0.398. The van der Waals surface area contributed by atoms with Crippen molar-refractivity contribution in [2.75, 3.05) is 5.32 Å². The van der Waals surface area contributed by atoms with Gasteiger partial charge in [0.25, 0.3) is 5.56 Å². The first-order valence-electron chi connectivity index (χ1n) is 7.15. The zero-order valence-electron chi connectivity index (χ0n) is 12.1. The van der Waals surface area contributed by atoms with Crippen LogP contribution in [-0.2, 0) is 0 Å². The average Bonchev–Trinajstić information content (AvgIpc) is 3.03. The summed E-state index contributed by atoms with van der Waals surface area (Å²) >= 11 is 0. The number of hydrogen-bond donors (Lipinski definition) is 3. The maximum atomic E-state index is 11.9. The van der Waals surface area contributed by atoms with Crippen molar-refractivity contribution in [3.8, 4) is 11.3 Å². The van der Waals surface area contributed by atoms with Crippen molar-refractivity contribution in [1.82, 2.24) is 20.2 Å². The summed E-state index contributed by atoms with van der Waals surface area (Å²) in [6.45, 7) is 0. The maximum Gasteiger partial charge on any atom is 0.252 e. The molecule has 23 heavy (non-hydrogen) atoms. The zero-order chi connectivity index (χ0) is 15.6. The van der Waals surface area contributed by atoms with Crippen LogP contribution >= 0.6 is 0 Å². The summed E-state index contributed by atoms with van der Waals surface area (Å²) in [7, 11) is 0. The fourth-order valence-electron chi connectivity index (χ4n) is 2.43. The molecule has 0 atom stereocenters. The van der Waals surface area contributed by atoms with Crippen LogP contribution in [0.25, 0.3) is 22.2 Å². The predicted octanol–water partition coefficient (Wildman–Crippen LogP) is 3.06. The molecule has 0 bridgehead atoms. The van der Waals surface area contributed by atoms with Gasteiger partial charge in [0.2, 0.25) is 5.95 Å². The van der Waals surface area contributed by atoms with E-state index >= 15 is 0 Å². The van der Waals surface area contributed by atoms with E-state index in [2.05, 4.69) is 25.5 Å². The van der Waals surface area contributed by atoms with E-state index in [0.717, 1.165) is 22.2 Å². The monoisotopic (exact) mass is 303 g/mol. The Morgan fingerprint density at radius 1 is 1.00 bits per heavy atom. The Bertz CT molecular complexity index is 1020. The SMILES string of the molecule is O=c1cc(-c2ccccc2)nc(Nc2ccc3cn[nH]c3c2)[nH]1. The lowest BCUT2D eigenvalue weighted by Gasteiger charge is -2.07. The maximum absolute atomic E-state index is 11.9. The number of anilines is 2. The molecule has 0 fully saturated rings. The third kappa shape index (κ3) is 2.69. The van der Waals surface area contributed by atoms with E-state index in [9.17, 15) is 4.79 Å². The highest BCUT2D eigenvalue weighted by molar-refractivity contribution is 5.82. The Morgan fingerprint density at radius 2 is 1.87 bits per heavy atom. The molecule has 0 amide bonds. The Hall–Kier alpha value is -3.41. The minimum absolute atomic E-state index is 0.205. The number of benzene rings is 2. The van der Waals surface area contributed by atoms with Gasteiger partial charge in [-0.3, -0.25) is 14.9 Å². The van der Waals surface area contributed by atoms with Crippen molar-refractivity contribution in [1.29, 1.82) is 0 Å². The van der Waals surface area contributed by atoms with Crippen LogP contribution in [0.3, 0.4) is 0 Å². The van der Waals surface area contributed by atoms with Gasteiger partial charge in [0.1, 0.15) is 0 Å². The number of nitrogens with zero attached hydrogens (tertiary/aromatic N) is 2. The topological polar surface area (TPSA) is 86.5 Å². The van der Waals surface area contributed by atoms with Crippen LogP contribution in [0.4, 0.5) is 11.6 Å². The van der Waals surface area contributed by atoms with Gasteiger partial charge in [-0.15, -0.1) is 0 Å². The number of hydrogen-bond acceptors (Lipinski definition) is 4. The highest BCUT2D eigenvalue weighted by Gasteiger charge is 2.05. The van der Waals surface area contributed by atoms with Gasteiger partial charge in [0, 0.05) is 22.7 Å². The first-order chi connectivity index (χ1) is 11.3. The van der Waals surface area contributed by atoms with E-state index in [-0.39, 0.29) is 5.56 Å². The molecule has 2 aromatic carbocycles. The van der Waals surface area contributed by atoms with Crippen molar-refractivity contribution in [3.05, 3.63) is 71.1 Å². The van der Waals surface area contributed by atoms with Crippen LogP contribution in [0.1, 0.15) is 0 Å². The van der Waals surface area contributed by atoms with Crippen molar-refractivity contribution in [3.63, 3.8) is 0 Å². The van der Waals surface area contributed by atoms with E-state index in [1.165, 1.54) is 6.07 Å². The quantitative estimate of drug-likeness (QED) is 0.543. The lowest BCUT2D eigenvalue weighted by molar-refractivity contribution is 1.12. The summed E-state index contributed by atoms with van der Waals surface area (Å²) in [5, 5.41) is 11.0. The number of rotatable bonds is 3. The second-order valence-corrected chi connectivity index (χ2v) is 5.14. The fraction of sp³-hybridized carbons (Fsp3) is 0. The molecule has 0 spiro atoms. The highest BCUT2D eigenvalue weighted by atomic mass is 16.1. The first-order valence-corrected chi connectivity index (χ1v) is 7.15. The van der Waals surface area contributed by atoms with Crippen molar-refractivity contribution in [2.45, 2.75) is 0 Å². The Morgan fingerprint density at radius 3 is 2.74 bits per heavy atom. The van der Waals surface area contributed by atoms with Gasteiger partial charge < -0.3 is 5.32 Å². The lowest BCUT2D eigenvalue weighted by atomic mass is 10.1. The van der Waals surface area contributed by atoms with Gasteiger partial charge in [-0.25, -0.2) is 4.98 Å². The molecule has 6 nitrogen and oxygen atoms in total. The van der Waals surface area contributed by atoms with Crippen LogP contribution in [0, 0.1) is 0 Å². The smallest absolute Gasteiger partial charge is 0.252 e. The fourth-order valence-corrected chi connectivity index (χ4v) is 2.43. The molecule has 6 heteroatoms. The van der Waals surface area contributed by atoms with Gasteiger partial charge >= 0.3 is 0 Å². The van der Waals surface area contributed by atoms with Crippen molar-refractivity contribution < 1.29 is 0 Å². The second kappa shape index (κ2) is 5.42. The standard InChI is InChI=1S/C17H13N5O/c23-16-9-14(11-4-2-1-3-5-11)20-17(21-16)19-13-7-6-12-10-18-22-15(12)8-13/h1-10H,(H,18,22)(H2,19,20,21,23). The van der Waals surface area contributed by atoms with E-state index in [1.54, 1.807) is 6.20 Å². The molecule has 4 aromatic rings. The zero-order valence-corrected chi connectivity index (χ0v) is 12.1. The van der Waals surface area contributed by atoms with E-state index in [1.807, 2.05) is 48.5 Å². The molecule has 0 saturated carbocycles. The minimum Gasteiger partial charge on any atom is -0.326 e. The lowest BCUT2D eigenvalue weighted by Crippen LogP contribution is -2.10. The third-order valence-electron chi connectivity index (χ3n) is 3.52. The number of H-pyrrole nitrogens is 2. The van der Waals surface area contributed by atoms with Gasteiger partial charge in [0.15, 0.2) is 0 Å². The Kier molecular flexibility index (Phi) is 3.12. The molecule has 0 aliphatic rings. The van der Waals surface area contributed by atoms with Crippen LogP contribution in [0.5, 0.6) is 0 Å². The van der Waals surface area contributed by atoms with E-state index in [0.29, 0.717) is 11.6 Å². The van der Waals surface area contributed by atoms with E-state index < -0.39 is 0 Å². The summed E-state index contributed by atoms with van der Waals surface area (Å²) in [6.07, 6.45) is 1.76. The molecule has 3 N–H and O–H groups in total. The highest BCUT2D eigenvalue weighted by Crippen LogP contribution is 2.20. The second-order valence-electron chi connectivity index (χ2n) is 5.14. The molecule has 2 aromatic heterocycles. The molecular weight excluding hydrogens is 290 g/mol. The van der Waals surface area contributed by atoms with Crippen molar-refractivity contribution >= 4 is 22.5 Å². The van der Waals surface area contributed by atoms with E-state index in [4.69, 9.17) is 0 Å². The molecule has 0 aliphatic heterocycles. The number of aromatic amines is 2. The molecular formula is C17H13N5O. The normalized spacial score (nSPS) is 10.8. The minimum atomic E-state index is -0.205. The first kappa shape index (κ1) is 13.3. The summed E-state index contributed by atoms with van der Waals surface area (Å²) in [4.78, 5) is 19.1. The number of aromatic nitrogens is 4. The van der Waals surface area contributed by atoms with Gasteiger partial charge in [-0.2, -0.15) is 5.10 Å². The predicted molar refractivity (Wildman–Crippen MR) is 89.7 cm³/mol. The summed E-state index contributed by atoms with van der Waals surface area (Å²) in [6, 6.07) is 16.8. The number of fused-ring (bicyclic) bond motifs is 1. The summed E-state index contributed by atoms with van der Waals surface area (Å²) < 4.78 is 0. The molecule has 0 aliphatic carbocycles. The van der Waals surface area contributed by atoms with Gasteiger partial charge in [-0.1, -0.05) is 30.3 Å². The van der Waals surface area contributed by atoms with Gasteiger partial charge in [0.05, 0.1) is 17.4 Å². The van der Waals surface area contributed by atoms with Crippen LogP contribution in [0.15, 0.2) is 65.6 Å². The molecule has 0 radical (unpaired) electrons. The number of nitrogens with one attached hydrogen (secondary N) is 3. The van der Waals surface area contributed by atoms with Crippen molar-refractivity contribution in [2.24, 2.45) is 0 Å². The molecule has 4 rings (SSSR count). The van der Waals surface area contributed by atoms with Crippen LogP contribution in [0.2, 0.25) is 0 Å². The Labute approximate surface area is 131 Å². The molecule has 0 unspecified atom stereocenters. The third-order valence-corrected chi connectivity index (χ3v) is 3.52. The average molecular weight is 303 g/mol. The summed E-state index contributed by atoms with van der Waals surface area (Å²) in [5.41, 5.74) is 3.04. The van der Waals surface area contributed by atoms with Crippen LogP contribution < -0.4 is 10.9 Å². The van der Waals surface area contributed by atoms with Crippen LogP contribution in [-0.4, -0.2) is 20.2 Å². The van der Waals surface area contributed by atoms with Gasteiger partial charge in [-0.05, 0) is 18.2 Å². The Balaban J connectivity index is 1.71.